The quantitative estimate of drug-likeness (QED) is 0.897. The Balaban J connectivity index is 2.47. The van der Waals surface area contributed by atoms with Gasteiger partial charge in [-0.3, -0.25) is 4.79 Å². The third-order valence-electron chi connectivity index (χ3n) is 1.81. The summed E-state index contributed by atoms with van der Waals surface area (Å²) in [5.41, 5.74) is 0.253. The van der Waals surface area contributed by atoms with E-state index in [-0.39, 0.29) is 10.7 Å². The Kier molecular flexibility index (Phi) is 5.25. The molecule has 0 radical (unpaired) electrons. The molecular weight excluding hydrogens is 292 g/mol. The third-order valence-corrected chi connectivity index (χ3v) is 2.38. The van der Waals surface area contributed by atoms with Crippen LogP contribution >= 0.6 is 23.2 Å². The average Bonchev–Trinajstić information content (AvgIpc) is 2.21. The lowest BCUT2D eigenvalue weighted by atomic mass is 10.3. The summed E-state index contributed by atoms with van der Waals surface area (Å²) in [6, 6.07) is 4.41. The smallest absolute Gasteiger partial charge is 0.324 e. The van der Waals surface area contributed by atoms with Crippen molar-refractivity contribution in [2.45, 2.75) is 6.18 Å². The molecular formula is C10H9Cl2F3N2O. The van der Waals surface area contributed by atoms with Crippen molar-refractivity contribution in [1.29, 1.82) is 0 Å². The number of carbonyl (C=O) groups excluding carboxylic acids is 1. The summed E-state index contributed by atoms with van der Waals surface area (Å²) in [5, 5.41) is 4.93. The number of nitrogens with one attached hydrogen (secondary N) is 2. The van der Waals surface area contributed by atoms with E-state index in [1.54, 1.807) is 0 Å². The molecule has 100 valence electrons. The maximum Gasteiger partial charge on any atom is 0.401 e. The number of alkyl halides is 3. The minimum atomic E-state index is -4.35. The highest BCUT2D eigenvalue weighted by molar-refractivity contribution is 6.35. The lowest BCUT2D eigenvalue weighted by molar-refractivity contribution is -0.126. The molecule has 8 heteroatoms. The van der Waals surface area contributed by atoms with Crippen LogP contribution < -0.4 is 10.6 Å². The highest BCUT2D eigenvalue weighted by atomic mass is 35.5. The largest absolute Gasteiger partial charge is 0.401 e. The zero-order valence-corrected chi connectivity index (χ0v) is 10.5. The van der Waals surface area contributed by atoms with E-state index in [4.69, 9.17) is 23.2 Å². The van der Waals surface area contributed by atoms with E-state index >= 15 is 0 Å². The molecule has 0 saturated carbocycles. The first-order valence-electron chi connectivity index (χ1n) is 4.80. The molecule has 18 heavy (non-hydrogen) atoms. The van der Waals surface area contributed by atoms with E-state index in [9.17, 15) is 18.0 Å². The number of rotatable bonds is 4. The van der Waals surface area contributed by atoms with Crippen molar-refractivity contribution in [3.8, 4) is 0 Å². The number of amides is 1. The minimum Gasteiger partial charge on any atom is -0.324 e. The lowest BCUT2D eigenvalue weighted by Gasteiger charge is -2.10. The first-order chi connectivity index (χ1) is 8.28. The molecule has 0 atom stereocenters. The normalized spacial score (nSPS) is 11.4. The van der Waals surface area contributed by atoms with Crippen LogP contribution in [0.5, 0.6) is 0 Å². The zero-order valence-electron chi connectivity index (χ0n) is 8.94. The number of benzene rings is 1. The molecule has 0 spiro atoms. The number of anilines is 1. The predicted molar refractivity (Wildman–Crippen MR) is 64.0 cm³/mol. The predicted octanol–water partition coefficient (Wildman–Crippen LogP) is 3.08. The molecule has 0 aliphatic heterocycles. The van der Waals surface area contributed by atoms with Crippen molar-refractivity contribution >= 4 is 34.8 Å². The summed E-state index contributed by atoms with van der Waals surface area (Å²) in [7, 11) is 0. The van der Waals surface area contributed by atoms with E-state index in [0.717, 1.165) is 0 Å². The molecule has 0 heterocycles. The van der Waals surface area contributed by atoms with Gasteiger partial charge in [-0.15, -0.1) is 0 Å². The lowest BCUT2D eigenvalue weighted by Crippen LogP contribution is -2.35. The molecule has 1 aromatic rings. The van der Waals surface area contributed by atoms with Crippen molar-refractivity contribution in [3.05, 3.63) is 28.2 Å². The maximum atomic E-state index is 11.8. The van der Waals surface area contributed by atoms with Crippen LogP contribution in [-0.2, 0) is 4.79 Å². The summed E-state index contributed by atoms with van der Waals surface area (Å²) < 4.78 is 35.5. The van der Waals surface area contributed by atoms with Crippen LogP contribution in [0.4, 0.5) is 18.9 Å². The third kappa shape index (κ3) is 5.57. The fourth-order valence-corrected chi connectivity index (χ4v) is 1.44. The minimum absolute atomic E-state index is 0.253. The van der Waals surface area contributed by atoms with Gasteiger partial charge in [0.25, 0.3) is 0 Å². The van der Waals surface area contributed by atoms with Crippen LogP contribution in [0, 0.1) is 0 Å². The molecule has 2 N–H and O–H groups in total. The molecule has 3 nitrogen and oxygen atoms in total. The highest BCUT2D eigenvalue weighted by Crippen LogP contribution is 2.25. The van der Waals surface area contributed by atoms with Crippen molar-refractivity contribution in [2.75, 3.05) is 18.4 Å². The molecule has 1 rings (SSSR count). The van der Waals surface area contributed by atoms with E-state index in [1.807, 2.05) is 5.32 Å². The highest BCUT2D eigenvalue weighted by Gasteiger charge is 2.26. The Morgan fingerprint density at radius 2 is 1.94 bits per heavy atom. The topological polar surface area (TPSA) is 41.1 Å². The van der Waals surface area contributed by atoms with E-state index in [0.29, 0.717) is 5.02 Å². The Hall–Kier alpha value is -0.980. The molecule has 0 aromatic heterocycles. The van der Waals surface area contributed by atoms with Gasteiger partial charge in [-0.05, 0) is 18.2 Å². The molecule has 0 aliphatic rings. The van der Waals surface area contributed by atoms with Gasteiger partial charge in [0.1, 0.15) is 0 Å². The van der Waals surface area contributed by atoms with Crippen molar-refractivity contribution in [3.63, 3.8) is 0 Å². The van der Waals surface area contributed by atoms with Gasteiger partial charge in [0.05, 0.1) is 23.8 Å². The SMILES string of the molecule is O=C(CNCC(F)(F)F)Nc1cc(Cl)ccc1Cl. The second-order valence-corrected chi connectivity index (χ2v) is 4.23. The van der Waals surface area contributed by atoms with Crippen LogP contribution in [0.1, 0.15) is 0 Å². The van der Waals surface area contributed by atoms with Crippen LogP contribution in [0.25, 0.3) is 0 Å². The molecule has 1 amide bonds. The Bertz CT molecular complexity index is 438. The average molecular weight is 301 g/mol. The van der Waals surface area contributed by atoms with Gasteiger partial charge in [-0.1, -0.05) is 23.2 Å². The first kappa shape index (κ1) is 15.1. The van der Waals surface area contributed by atoms with Gasteiger partial charge in [0.2, 0.25) is 5.91 Å². The fraction of sp³-hybridized carbons (Fsp3) is 0.300. The van der Waals surface area contributed by atoms with E-state index in [1.165, 1.54) is 18.2 Å². The Morgan fingerprint density at radius 3 is 2.56 bits per heavy atom. The number of halogens is 5. The number of carbonyl (C=O) groups is 1. The molecule has 0 unspecified atom stereocenters. The van der Waals surface area contributed by atoms with E-state index < -0.39 is 25.2 Å². The van der Waals surface area contributed by atoms with Crippen molar-refractivity contribution < 1.29 is 18.0 Å². The number of hydrogen-bond acceptors (Lipinski definition) is 2. The molecule has 1 aromatic carbocycles. The van der Waals surface area contributed by atoms with Crippen molar-refractivity contribution in [2.24, 2.45) is 0 Å². The maximum absolute atomic E-state index is 11.8. The van der Waals surface area contributed by atoms with Gasteiger partial charge in [-0.25, -0.2) is 0 Å². The first-order valence-corrected chi connectivity index (χ1v) is 5.56. The van der Waals surface area contributed by atoms with Gasteiger partial charge in [0, 0.05) is 5.02 Å². The molecule has 0 bridgehead atoms. The Labute approximate surface area is 111 Å². The van der Waals surface area contributed by atoms with Gasteiger partial charge in [-0.2, -0.15) is 13.2 Å². The second kappa shape index (κ2) is 6.26. The van der Waals surface area contributed by atoms with Crippen LogP contribution in [0.2, 0.25) is 10.0 Å². The van der Waals surface area contributed by atoms with Crippen molar-refractivity contribution in [1.82, 2.24) is 5.32 Å². The fourth-order valence-electron chi connectivity index (χ4n) is 1.11. The summed E-state index contributed by atoms with van der Waals surface area (Å²) >= 11 is 11.5. The Morgan fingerprint density at radius 1 is 1.28 bits per heavy atom. The van der Waals surface area contributed by atoms with Gasteiger partial charge >= 0.3 is 6.18 Å². The molecule has 0 saturated heterocycles. The van der Waals surface area contributed by atoms with Gasteiger partial charge in [0.15, 0.2) is 0 Å². The summed E-state index contributed by atoms with van der Waals surface area (Å²) in [5.74, 6) is -0.636. The second-order valence-electron chi connectivity index (χ2n) is 3.39. The zero-order chi connectivity index (χ0) is 13.8. The standard InChI is InChI=1S/C10H9Cl2F3N2O/c11-6-1-2-7(12)8(3-6)17-9(18)4-16-5-10(13,14)15/h1-3,16H,4-5H2,(H,17,18). The number of hydrogen-bond donors (Lipinski definition) is 2. The van der Waals surface area contributed by atoms with E-state index in [2.05, 4.69) is 5.32 Å². The summed E-state index contributed by atoms with van der Waals surface area (Å²) in [4.78, 5) is 11.3. The molecule has 0 fully saturated rings. The van der Waals surface area contributed by atoms with Gasteiger partial charge < -0.3 is 10.6 Å². The van der Waals surface area contributed by atoms with Crippen LogP contribution in [0.3, 0.4) is 0 Å². The summed E-state index contributed by atoms with van der Waals surface area (Å²) in [6.07, 6.45) is -4.35. The molecule has 0 aliphatic carbocycles. The summed E-state index contributed by atoms with van der Waals surface area (Å²) in [6.45, 7) is -1.70. The van der Waals surface area contributed by atoms with Crippen LogP contribution in [0.15, 0.2) is 18.2 Å². The van der Waals surface area contributed by atoms with Crippen LogP contribution in [-0.4, -0.2) is 25.2 Å². The monoisotopic (exact) mass is 300 g/mol.